The monoisotopic (exact) mass is 408 g/mol. The topological polar surface area (TPSA) is 98.0 Å². The van der Waals surface area contributed by atoms with Crippen molar-refractivity contribution < 1.29 is 22.4 Å². The van der Waals surface area contributed by atoms with Gasteiger partial charge in [-0.3, -0.25) is 4.90 Å². The number of rotatable bonds is 5. The van der Waals surface area contributed by atoms with Crippen LogP contribution >= 0.6 is 0 Å². The summed E-state index contributed by atoms with van der Waals surface area (Å²) in [5, 5.41) is 4.01. The maximum atomic E-state index is 13.3. The van der Waals surface area contributed by atoms with Crippen molar-refractivity contribution in [2.24, 2.45) is 0 Å². The van der Waals surface area contributed by atoms with Crippen molar-refractivity contribution in [1.82, 2.24) is 19.3 Å². The molecule has 0 spiro atoms. The van der Waals surface area contributed by atoms with Crippen molar-refractivity contribution in [3.05, 3.63) is 35.3 Å². The summed E-state index contributed by atoms with van der Waals surface area (Å²) in [6.45, 7) is 6.13. The fourth-order valence-corrected chi connectivity index (χ4v) is 5.58. The molecule has 4 rings (SSSR count). The highest BCUT2D eigenvalue weighted by atomic mass is 32.2. The quantitative estimate of drug-likeness (QED) is 0.722. The molecule has 28 heavy (non-hydrogen) atoms. The van der Waals surface area contributed by atoms with Gasteiger partial charge in [-0.2, -0.15) is 4.31 Å². The first-order valence-corrected chi connectivity index (χ1v) is 10.6. The summed E-state index contributed by atoms with van der Waals surface area (Å²) in [6, 6.07) is 2.83. The molecule has 1 saturated heterocycles. The first kappa shape index (κ1) is 19.3. The summed E-state index contributed by atoms with van der Waals surface area (Å²) in [5.41, 5.74) is 1.88. The predicted molar refractivity (Wildman–Crippen MR) is 99.5 cm³/mol. The van der Waals surface area contributed by atoms with Crippen LogP contribution < -0.4 is 4.74 Å². The van der Waals surface area contributed by atoms with Gasteiger partial charge in [0.1, 0.15) is 16.8 Å². The zero-order chi connectivity index (χ0) is 19.9. The van der Waals surface area contributed by atoms with Gasteiger partial charge in [-0.05, 0) is 26.0 Å². The smallest absolute Gasteiger partial charge is 0.248 e. The van der Waals surface area contributed by atoms with Crippen LogP contribution in [0.3, 0.4) is 0 Å². The van der Waals surface area contributed by atoms with Crippen molar-refractivity contribution in [3.8, 4) is 5.88 Å². The lowest BCUT2D eigenvalue weighted by molar-refractivity contribution is 0.123. The standard InChI is InChI=1S/C18H24N4O5S/c1-12-14(13(2)27-20-12)9-21-10-15-16(11-21)26-18-17(5-4-6-19-18)28(23,24)22(15)7-8-25-3/h4-6,15-16H,7-11H2,1-3H3/t15-,16-/m1/s1. The number of hydrogen-bond donors (Lipinski definition) is 0. The Balaban J connectivity index is 1.66. The fourth-order valence-electron chi connectivity index (χ4n) is 3.88. The second kappa shape index (κ2) is 7.43. The number of hydrogen-bond acceptors (Lipinski definition) is 8. The number of nitrogens with zero attached hydrogens (tertiary/aromatic N) is 4. The molecule has 0 aromatic carbocycles. The Morgan fingerprint density at radius 1 is 1.32 bits per heavy atom. The molecular weight excluding hydrogens is 384 g/mol. The Morgan fingerprint density at radius 2 is 2.14 bits per heavy atom. The molecule has 2 aromatic heterocycles. The second-order valence-electron chi connectivity index (χ2n) is 7.14. The van der Waals surface area contributed by atoms with Crippen LogP contribution in [0.25, 0.3) is 0 Å². The normalized spacial score (nSPS) is 24.4. The van der Waals surface area contributed by atoms with E-state index in [4.69, 9.17) is 14.0 Å². The molecule has 1 fully saturated rings. The highest BCUT2D eigenvalue weighted by Crippen LogP contribution is 2.35. The summed E-state index contributed by atoms with van der Waals surface area (Å²) in [7, 11) is -2.18. The van der Waals surface area contributed by atoms with Gasteiger partial charge < -0.3 is 14.0 Å². The SMILES string of the molecule is COCCN1[C@@H]2CN(Cc3c(C)noc3C)C[C@H]2Oc2ncccc2S1(=O)=O. The third kappa shape index (κ3) is 3.30. The molecule has 4 heterocycles. The Kier molecular flexibility index (Phi) is 5.13. The lowest BCUT2D eigenvalue weighted by Crippen LogP contribution is -2.48. The Bertz CT molecular complexity index is 941. The molecule has 10 heteroatoms. The highest BCUT2D eigenvalue weighted by Gasteiger charge is 2.47. The highest BCUT2D eigenvalue weighted by molar-refractivity contribution is 7.89. The molecular formula is C18H24N4O5S. The Hall–Kier alpha value is -2.01. The van der Waals surface area contributed by atoms with Crippen molar-refractivity contribution in [2.45, 2.75) is 37.4 Å². The molecule has 0 saturated carbocycles. The first-order valence-electron chi connectivity index (χ1n) is 9.18. The second-order valence-corrected chi connectivity index (χ2v) is 8.99. The van der Waals surface area contributed by atoms with E-state index in [1.54, 1.807) is 25.4 Å². The number of sulfonamides is 1. The molecule has 2 atom stereocenters. The third-order valence-corrected chi connectivity index (χ3v) is 7.28. The molecule has 9 nitrogen and oxygen atoms in total. The van der Waals surface area contributed by atoms with Gasteiger partial charge in [-0.15, -0.1) is 0 Å². The maximum absolute atomic E-state index is 13.3. The lowest BCUT2D eigenvalue weighted by atomic mass is 10.2. The average molecular weight is 408 g/mol. The van der Waals surface area contributed by atoms with E-state index in [9.17, 15) is 8.42 Å². The van der Waals surface area contributed by atoms with Crippen molar-refractivity contribution >= 4 is 10.0 Å². The van der Waals surface area contributed by atoms with Crippen molar-refractivity contribution in [1.29, 1.82) is 0 Å². The van der Waals surface area contributed by atoms with Crippen LogP contribution in [0.15, 0.2) is 27.7 Å². The van der Waals surface area contributed by atoms with Gasteiger partial charge in [0.05, 0.1) is 18.3 Å². The van der Waals surface area contributed by atoms with Gasteiger partial charge in [-0.1, -0.05) is 5.16 Å². The number of likely N-dealkylation sites (tertiary alicyclic amines) is 1. The predicted octanol–water partition coefficient (Wildman–Crippen LogP) is 0.969. The summed E-state index contributed by atoms with van der Waals surface area (Å²) < 4.78 is 44.6. The largest absolute Gasteiger partial charge is 0.470 e. The summed E-state index contributed by atoms with van der Waals surface area (Å²) >= 11 is 0. The van der Waals surface area contributed by atoms with Crippen LogP contribution in [0.4, 0.5) is 0 Å². The molecule has 2 aromatic rings. The zero-order valence-electron chi connectivity index (χ0n) is 16.2. The van der Waals surface area contributed by atoms with Gasteiger partial charge in [0, 0.05) is 45.0 Å². The molecule has 0 bridgehead atoms. The van der Waals surface area contributed by atoms with Gasteiger partial charge in [0.2, 0.25) is 15.9 Å². The van der Waals surface area contributed by atoms with E-state index in [2.05, 4.69) is 15.0 Å². The number of aryl methyl sites for hydroxylation is 2. The van der Waals surface area contributed by atoms with Gasteiger partial charge in [-0.25, -0.2) is 13.4 Å². The molecule has 0 N–H and O–H groups in total. The number of methoxy groups -OCH3 is 1. The van der Waals surface area contributed by atoms with Crippen molar-refractivity contribution in [2.75, 3.05) is 33.4 Å². The zero-order valence-corrected chi connectivity index (χ0v) is 17.0. The van der Waals surface area contributed by atoms with E-state index < -0.39 is 10.0 Å². The van der Waals surface area contributed by atoms with Crippen LogP contribution in [0.2, 0.25) is 0 Å². The summed E-state index contributed by atoms with van der Waals surface area (Å²) in [4.78, 5) is 6.46. The van der Waals surface area contributed by atoms with Gasteiger partial charge in [0.15, 0.2) is 0 Å². The van der Waals surface area contributed by atoms with Crippen LogP contribution in [-0.2, 0) is 21.3 Å². The number of pyridine rings is 1. The minimum Gasteiger partial charge on any atom is -0.470 e. The molecule has 2 aliphatic rings. The van der Waals surface area contributed by atoms with Crippen LogP contribution in [0.5, 0.6) is 5.88 Å². The van der Waals surface area contributed by atoms with Crippen LogP contribution in [0.1, 0.15) is 17.0 Å². The number of fused-ring (bicyclic) bond motifs is 2. The molecule has 0 aliphatic carbocycles. The minimum absolute atomic E-state index is 0.109. The molecule has 0 radical (unpaired) electrons. The first-order chi connectivity index (χ1) is 13.4. The van der Waals surface area contributed by atoms with E-state index in [1.807, 2.05) is 13.8 Å². The average Bonchev–Trinajstić information content (AvgIpc) is 3.18. The van der Waals surface area contributed by atoms with Crippen LogP contribution in [-0.4, -0.2) is 73.3 Å². The Morgan fingerprint density at radius 3 is 2.86 bits per heavy atom. The van der Waals surface area contributed by atoms with E-state index in [1.165, 1.54) is 4.31 Å². The van der Waals surface area contributed by atoms with Crippen LogP contribution in [0, 0.1) is 13.8 Å². The summed E-state index contributed by atoms with van der Waals surface area (Å²) in [5.74, 6) is 0.943. The van der Waals surface area contributed by atoms with E-state index >= 15 is 0 Å². The fraction of sp³-hybridized carbons (Fsp3) is 0.556. The maximum Gasteiger partial charge on any atom is 0.248 e. The lowest BCUT2D eigenvalue weighted by Gasteiger charge is -2.27. The molecule has 152 valence electrons. The van der Waals surface area contributed by atoms with Gasteiger partial charge >= 0.3 is 0 Å². The van der Waals surface area contributed by atoms with Gasteiger partial charge in [0.25, 0.3) is 0 Å². The Labute approximate surface area is 164 Å². The van der Waals surface area contributed by atoms with Crippen molar-refractivity contribution in [3.63, 3.8) is 0 Å². The molecule has 2 aliphatic heterocycles. The third-order valence-electron chi connectivity index (χ3n) is 5.35. The number of ether oxygens (including phenoxy) is 2. The van der Waals surface area contributed by atoms with E-state index in [-0.39, 0.29) is 29.5 Å². The molecule has 0 unspecified atom stereocenters. The number of aromatic nitrogens is 2. The van der Waals surface area contributed by atoms with E-state index in [0.29, 0.717) is 26.2 Å². The summed E-state index contributed by atoms with van der Waals surface area (Å²) in [6.07, 6.45) is 1.23. The molecule has 0 amide bonds. The minimum atomic E-state index is -3.74. The van der Waals surface area contributed by atoms with E-state index in [0.717, 1.165) is 17.0 Å².